The normalized spacial score (nSPS) is 14.7. The van der Waals surface area contributed by atoms with Gasteiger partial charge in [-0.1, -0.05) is 4.49 Å². The first-order chi connectivity index (χ1) is 5.43. The van der Waals surface area contributed by atoms with Gasteiger partial charge < -0.3 is 0 Å². The lowest BCUT2D eigenvalue weighted by atomic mass is 10.3. The van der Waals surface area contributed by atoms with E-state index in [4.69, 9.17) is 0 Å². The van der Waals surface area contributed by atoms with E-state index >= 15 is 0 Å². The molecule has 68 valence electrons. The first-order valence-electron chi connectivity index (χ1n) is 3.64. The molecular formula is C7H12N2OS2. The third kappa shape index (κ3) is 1.90. The van der Waals surface area contributed by atoms with Gasteiger partial charge in [0.2, 0.25) is 0 Å². The van der Waals surface area contributed by atoms with Crippen molar-refractivity contribution in [2.24, 2.45) is 0 Å². The molecule has 0 aliphatic heterocycles. The molecule has 0 saturated carbocycles. The summed E-state index contributed by atoms with van der Waals surface area (Å²) in [5.74, 6) is 0. The Morgan fingerprint density at radius 3 is 2.33 bits per heavy atom. The van der Waals surface area contributed by atoms with Crippen LogP contribution >= 0.6 is 11.5 Å². The number of hydrogen-bond donors (Lipinski definition) is 0. The summed E-state index contributed by atoms with van der Waals surface area (Å²) >= 11 is 1.22. The van der Waals surface area contributed by atoms with E-state index in [1.54, 1.807) is 0 Å². The Balaban J connectivity index is 3.01. The third-order valence-corrected chi connectivity index (χ3v) is 4.38. The highest BCUT2D eigenvalue weighted by atomic mass is 32.2. The summed E-state index contributed by atoms with van der Waals surface area (Å²) in [7, 11) is -0.988. The molecule has 3 nitrogen and oxygen atoms in total. The van der Waals surface area contributed by atoms with Crippen LogP contribution in [0.3, 0.4) is 0 Å². The van der Waals surface area contributed by atoms with E-state index in [1.165, 1.54) is 11.5 Å². The van der Waals surface area contributed by atoms with Crippen LogP contribution in [-0.4, -0.2) is 18.5 Å². The fraction of sp³-hybridized carbons (Fsp3) is 0.714. The zero-order valence-electron chi connectivity index (χ0n) is 7.62. The Morgan fingerprint density at radius 1 is 1.42 bits per heavy atom. The summed E-state index contributed by atoms with van der Waals surface area (Å²) in [6.45, 7) is 7.68. The number of hydrogen-bond acceptors (Lipinski definition) is 4. The Kier molecular flexibility index (Phi) is 2.63. The van der Waals surface area contributed by atoms with E-state index in [-0.39, 0.29) is 4.75 Å². The zero-order chi connectivity index (χ0) is 9.35. The van der Waals surface area contributed by atoms with Crippen molar-refractivity contribution in [3.63, 3.8) is 0 Å². The smallest absolute Gasteiger partial charge is 0.135 e. The predicted octanol–water partition coefficient (Wildman–Crippen LogP) is 1.75. The lowest BCUT2D eigenvalue weighted by Crippen LogP contribution is -2.21. The average Bonchev–Trinajstić information content (AvgIpc) is 2.31. The second-order valence-corrected chi connectivity index (χ2v) is 6.71. The Morgan fingerprint density at radius 2 is 2.00 bits per heavy atom. The van der Waals surface area contributed by atoms with Crippen molar-refractivity contribution in [2.45, 2.75) is 36.7 Å². The van der Waals surface area contributed by atoms with E-state index in [0.717, 1.165) is 9.90 Å². The SMILES string of the molecule is Cc1nnsc1[S@](=O)C(C)(C)C. The highest BCUT2D eigenvalue weighted by Gasteiger charge is 2.24. The standard InChI is InChI=1S/C7H12N2OS2/c1-5-6(11-9-8-5)12(10)7(2,3)4/h1-4H3/t12-/m0/s1. The van der Waals surface area contributed by atoms with Crippen LogP contribution in [-0.2, 0) is 10.8 Å². The maximum atomic E-state index is 11.8. The first kappa shape index (κ1) is 9.80. The molecule has 0 fully saturated rings. The van der Waals surface area contributed by atoms with Crippen LogP contribution in [0.5, 0.6) is 0 Å². The van der Waals surface area contributed by atoms with Crippen molar-refractivity contribution in [3.8, 4) is 0 Å². The van der Waals surface area contributed by atoms with Crippen molar-refractivity contribution in [3.05, 3.63) is 5.69 Å². The van der Waals surface area contributed by atoms with Gasteiger partial charge in [-0.25, -0.2) is 0 Å². The van der Waals surface area contributed by atoms with Crippen LogP contribution in [0.1, 0.15) is 26.5 Å². The molecule has 0 amide bonds. The van der Waals surface area contributed by atoms with Crippen LogP contribution < -0.4 is 0 Å². The van der Waals surface area contributed by atoms with Crippen molar-refractivity contribution >= 4 is 22.3 Å². The van der Waals surface area contributed by atoms with Gasteiger partial charge in [-0.2, -0.15) is 0 Å². The molecule has 0 aromatic carbocycles. The molecule has 1 aromatic heterocycles. The molecule has 0 radical (unpaired) electrons. The highest BCUT2D eigenvalue weighted by molar-refractivity contribution is 7.88. The lowest BCUT2D eigenvalue weighted by molar-refractivity contribution is 0.650. The molecule has 0 aliphatic rings. The minimum absolute atomic E-state index is 0.223. The van der Waals surface area contributed by atoms with Gasteiger partial charge in [0, 0.05) is 4.75 Å². The van der Waals surface area contributed by atoms with Crippen LogP contribution in [0, 0.1) is 6.92 Å². The van der Waals surface area contributed by atoms with Crippen LogP contribution in [0.2, 0.25) is 0 Å². The molecule has 12 heavy (non-hydrogen) atoms. The Bertz CT molecular complexity index is 301. The van der Waals surface area contributed by atoms with Crippen molar-refractivity contribution in [1.82, 2.24) is 9.59 Å². The number of nitrogens with zero attached hydrogens (tertiary/aromatic N) is 2. The fourth-order valence-electron chi connectivity index (χ4n) is 0.672. The molecule has 0 spiro atoms. The predicted molar refractivity (Wildman–Crippen MR) is 50.8 cm³/mol. The summed E-state index contributed by atoms with van der Waals surface area (Å²) in [6, 6.07) is 0. The molecular weight excluding hydrogens is 192 g/mol. The van der Waals surface area contributed by atoms with Gasteiger partial charge in [0.05, 0.1) is 16.5 Å². The van der Waals surface area contributed by atoms with Gasteiger partial charge in [-0.3, -0.25) is 4.21 Å². The number of rotatable bonds is 1. The summed E-state index contributed by atoms with van der Waals surface area (Å²) in [5.41, 5.74) is 0.785. The molecule has 0 N–H and O–H groups in total. The Hall–Kier alpha value is -0.290. The number of aromatic nitrogens is 2. The van der Waals surface area contributed by atoms with Gasteiger partial charge in [-0.15, -0.1) is 5.10 Å². The molecule has 0 bridgehead atoms. The van der Waals surface area contributed by atoms with Crippen molar-refractivity contribution < 1.29 is 4.21 Å². The topological polar surface area (TPSA) is 42.9 Å². The fourth-order valence-corrected chi connectivity index (χ4v) is 3.07. The van der Waals surface area contributed by atoms with Gasteiger partial charge in [-0.05, 0) is 39.2 Å². The van der Waals surface area contributed by atoms with Crippen LogP contribution in [0.15, 0.2) is 4.21 Å². The van der Waals surface area contributed by atoms with Gasteiger partial charge in [0.15, 0.2) is 0 Å². The van der Waals surface area contributed by atoms with E-state index in [0.29, 0.717) is 0 Å². The van der Waals surface area contributed by atoms with Crippen molar-refractivity contribution in [2.75, 3.05) is 0 Å². The van der Waals surface area contributed by atoms with E-state index in [2.05, 4.69) is 9.59 Å². The van der Waals surface area contributed by atoms with E-state index in [9.17, 15) is 4.21 Å². The maximum Gasteiger partial charge on any atom is 0.135 e. The molecule has 5 heteroatoms. The van der Waals surface area contributed by atoms with Crippen LogP contribution in [0.4, 0.5) is 0 Å². The minimum atomic E-state index is -0.988. The number of aryl methyl sites for hydroxylation is 1. The summed E-state index contributed by atoms with van der Waals surface area (Å²) in [5, 5.41) is 3.83. The Labute approximate surface area is 78.8 Å². The summed E-state index contributed by atoms with van der Waals surface area (Å²) in [4.78, 5) is 0. The maximum absolute atomic E-state index is 11.8. The quantitative estimate of drug-likeness (QED) is 0.700. The third-order valence-electron chi connectivity index (χ3n) is 1.33. The second-order valence-electron chi connectivity index (χ2n) is 3.53. The lowest BCUT2D eigenvalue weighted by Gasteiger charge is -2.15. The monoisotopic (exact) mass is 204 g/mol. The zero-order valence-corrected chi connectivity index (χ0v) is 9.25. The van der Waals surface area contributed by atoms with Crippen LogP contribution in [0.25, 0.3) is 0 Å². The molecule has 0 saturated heterocycles. The summed E-state index contributed by atoms with van der Waals surface area (Å²) < 4.78 is 16.1. The van der Waals surface area contributed by atoms with Crippen molar-refractivity contribution in [1.29, 1.82) is 0 Å². The van der Waals surface area contributed by atoms with Gasteiger partial charge in [0.1, 0.15) is 4.21 Å². The minimum Gasteiger partial charge on any atom is -0.253 e. The molecule has 0 aliphatic carbocycles. The highest BCUT2D eigenvalue weighted by Crippen LogP contribution is 2.24. The summed E-state index contributed by atoms with van der Waals surface area (Å²) in [6.07, 6.45) is 0. The van der Waals surface area contributed by atoms with E-state index < -0.39 is 10.8 Å². The van der Waals surface area contributed by atoms with Gasteiger partial charge >= 0.3 is 0 Å². The molecule has 0 unspecified atom stereocenters. The first-order valence-corrected chi connectivity index (χ1v) is 5.56. The largest absolute Gasteiger partial charge is 0.253 e. The molecule has 1 aromatic rings. The molecule has 1 rings (SSSR count). The van der Waals surface area contributed by atoms with Gasteiger partial charge in [0.25, 0.3) is 0 Å². The van der Waals surface area contributed by atoms with E-state index in [1.807, 2.05) is 27.7 Å². The second kappa shape index (κ2) is 3.22. The average molecular weight is 204 g/mol. The molecule has 1 atom stereocenters. The molecule has 1 heterocycles.